The first-order valence-corrected chi connectivity index (χ1v) is 9.84. The molecule has 1 aromatic carbocycles. The number of rotatable bonds is 3. The summed E-state index contributed by atoms with van der Waals surface area (Å²) in [5.74, 6) is 0.147. The van der Waals surface area contributed by atoms with Crippen molar-refractivity contribution >= 4 is 17.5 Å². The van der Waals surface area contributed by atoms with Gasteiger partial charge in [-0.1, -0.05) is 6.07 Å². The summed E-state index contributed by atoms with van der Waals surface area (Å²) in [7, 11) is 0. The third kappa shape index (κ3) is 3.75. The molecule has 142 valence electrons. The van der Waals surface area contributed by atoms with Crippen LogP contribution < -0.4 is 5.32 Å². The van der Waals surface area contributed by atoms with E-state index in [0.717, 1.165) is 49.2 Å². The number of carbonyl (C=O) groups excluding carboxylic acids is 2. The number of aryl methyl sites for hydroxylation is 2. The maximum Gasteiger partial charge on any atom is 0.253 e. The van der Waals surface area contributed by atoms with E-state index in [9.17, 15) is 9.59 Å². The van der Waals surface area contributed by atoms with Crippen LogP contribution >= 0.6 is 0 Å². The molecule has 2 amide bonds. The van der Waals surface area contributed by atoms with E-state index in [1.54, 1.807) is 6.20 Å². The standard InChI is InChI=1S/C21H26N4O2/c1-14(26)23-19-12-22-24-20(19)18-7-4-10-25(13-18)21(27)17-9-8-15-5-2-3-6-16(15)11-17/h8-9,11-12,18H,2-7,10,13H2,1H3,(H,22,24)(H,23,26)/t18-/m1/s1. The fourth-order valence-electron chi connectivity index (χ4n) is 4.34. The summed E-state index contributed by atoms with van der Waals surface area (Å²) in [6, 6.07) is 6.21. The monoisotopic (exact) mass is 366 g/mol. The normalized spacial score (nSPS) is 19.4. The minimum Gasteiger partial charge on any atom is -0.338 e. The highest BCUT2D eigenvalue weighted by Gasteiger charge is 2.28. The van der Waals surface area contributed by atoms with Crippen LogP contribution in [0.4, 0.5) is 5.69 Å². The van der Waals surface area contributed by atoms with Crippen LogP contribution in [-0.4, -0.2) is 40.0 Å². The van der Waals surface area contributed by atoms with Gasteiger partial charge in [0.25, 0.3) is 5.91 Å². The van der Waals surface area contributed by atoms with Gasteiger partial charge in [-0.15, -0.1) is 0 Å². The molecule has 2 aromatic rings. The average molecular weight is 366 g/mol. The van der Waals surface area contributed by atoms with Crippen molar-refractivity contribution in [3.8, 4) is 0 Å². The quantitative estimate of drug-likeness (QED) is 0.875. The van der Waals surface area contributed by atoms with Gasteiger partial charge in [-0.05, 0) is 61.8 Å². The lowest BCUT2D eigenvalue weighted by atomic mass is 9.89. The lowest BCUT2D eigenvalue weighted by Gasteiger charge is -2.33. The van der Waals surface area contributed by atoms with Gasteiger partial charge in [0.1, 0.15) is 0 Å². The van der Waals surface area contributed by atoms with E-state index in [-0.39, 0.29) is 17.7 Å². The molecule has 0 saturated carbocycles. The topological polar surface area (TPSA) is 78.1 Å². The van der Waals surface area contributed by atoms with Gasteiger partial charge in [0.15, 0.2) is 0 Å². The number of aromatic nitrogens is 2. The van der Waals surface area contributed by atoms with Crippen LogP contribution in [0.25, 0.3) is 0 Å². The van der Waals surface area contributed by atoms with Gasteiger partial charge < -0.3 is 10.2 Å². The zero-order chi connectivity index (χ0) is 18.8. The van der Waals surface area contributed by atoms with Gasteiger partial charge in [-0.3, -0.25) is 14.7 Å². The first kappa shape index (κ1) is 17.8. The molecular weight excluding hydrogens is 340 g/mol. The second-order valence-corrected chi connectivity index (χ2v) is 7.66. The zero-order valence-corrected chi connectivity index (χ0v) is 15.8. The Kier molecular flexibility index (Phi) is 4.97. The number of H-pyrrole nitrogens is 1. The van der Waals surface area contributed by atoms with Crippen molar-refractivity contribution in [2.24, 2.45) is 0 Å². The van der Waals surface area contributed by atoms with Gasteiger partial charge in [-0.25, -0.2) is 0 Å². The summed E-state index contributed by atoms with van der Waals surface area (Å²) < 4.78 is 0. The molecular formula is C21H26N4O2. The number of amides is 2. The maximum atomic E-state index is 13.1. The molecule has 6 nitrogen and oxygen atoms in total. The minimum absolute atomic E-state index is 0.105. The lowest BCUT2D eigenvalue weighted by molar-refractivity contribution is -0.114. The number of nitrogens with zero attached hydrogens (tertiary/aromatic N) is 2. The number of carbonyl (C=O) groups is 2. The van der Waals surface area contributed by atoms with Crippen molar-refractivity contribution in [3.63, 3.8) is 0 Å². The van der Waals surface area contributed by atoms with Crippen molar-refractivity contribution in [3.05, 3.63) is 46.8 Å². The van der Waals surface area contributed by atoms with Crippen LogP contribution in [-0.2, 0) is 17.6 Å². The van der Waals surface area contributed by atoms with E-state index in [0.29, 0.717) is 6.54 Å². The van der Waals surface area contributed by atoms with Crippen LogP contribution in [0.15, 0.2) is 24.4 Å². The molecule has 2 heterocycles. The third-order valence-corrected chi connectivity index (χ3v) is 5.69. The van der Waals surface area contributed by atoms with Crippen LogP contribution in [0.3, 0.4) is 0 Å². The molecule has 1 aromatic heterocycles. The van der Waals surface area contributed by atoms with Gasteiger partial charge in [0, 0.05) is 31.5 Å². The molecule has 27 heavy (non-hydrogen) atoms. The summed E-state index contributed by atoms with van der Waals surface area (Å²) in [6.07, 6.45) is 8.22. The van der Waals surface area contributed by atoms with E-state index >= 15 is 0 Å². The fraction of sp³-hybridized carbons (Fsp3) is 0.476. The number of hydrogen-bond donors (Lipinski definition) is 2. The molecule has 6 heteroatoms. The predicted octanol–water partition coefficient (Wildman–Crippen LogP) is 3.27. The molecule has 1 saturated heterocycles. The van der Waals surface area contributed by atoms with E-state index in [1.165, 1.54) is 30.9 Å². The van der Waals surface area contributed by atoms with E-state index < -0.39 is 0 Å². The van der Waals surface area contributed by atoms with Gasteiger partial charge in [-0.2, -0.15) is 5.10 Å². The molecule has 1 aliphatic heterocycles. The molecule has 2 aliphatic rings. The molecule has 1 fully saturated rings. The Bertz CT molecular complexity index is 858. The Hall–Kier alpha value is -2.63. The number of hydrogen-bond acceptors (Lipinski definition) is 3. The van der Waals surface area contributed by atoms with E-state index in [2.05, 4.69) is 27.6 Å². The molecule has 1 atom stereocenters. The number of anilines is 1. The van der Waals surface area contributed by atoms with Gasteiger partial charge in [0.05, 0.1) is 17.6 Å². The van der Waals surface area contributed by atoms with Crippen molar-refractivity contribution in [1.82, 2.24) is 15.1 Å². The Morgan fingerprint density at radius 1 is 1.19 bits per heavy atom. The highest BCUT2D eigenvalue weighted by atomic mass is 16.2. The SMILES string of the molecule is CC(=O)Nc1cn[nH]c1[C@@H]1CCCN(C(=O)c2ccc3c(c2)CCCC3)C1. The van der Waals surface area contributed by atoms with Crippen LogP contribution in [0.5, 0.6) is 0 Å². The second-order valence-electron chi connectivity index (χ2n) is 7.66. The molecule has 2 N–H and O–H groups in total. The van der Waals surface area contributed by atoms with Crippen LogP contribution in [0, 0.1) is 0 Å². The van der Waals surface area contributed by atoms with Crippen molar-refractivity contribution < 1.29 is 9.59 Å². The average Bonchev–Trinajstić information content (AvgIpc) is 3.14. The lowest BCUT2D eigenvalue weighted by Crippen LogP contribution is -2.39. The van der Waals surface area contributed by atoms with Crippen molar-refractivity contribution in [1.29, 1.82) is 0 Å². The Morgan fingerprint density at radius 3 is 2.81 bits per heavy atom. The summed E-state index contributed by atoms with van der Waals surface area (Å²) in [5.41, 5.74) is 5.15. The second kappa shape index (κ2) is 7.55. The molecule has 0 radical (unpaired) electrons. The zero-order valence-electron chi connectivity index (χ0n) is 15.8. The summed E-state index contributed by atoms with van der Waals surface area (Å²) in [4.78, 5) is 26.4. The molecule has 0 bridgehead atoms. The highest BCUT2D eigenvalue weighted by Crippen LogP contribution is 2.31. The van der Waals surface area contributed by atoms with Gasteiger partial charge >= 0.3 is 0 Å². The number of fused-ring (bicyclic) bond motifs is 1. The Balaban J connectivity index is 1.50. The Labute approximate surface area is 159 Å². The van der Waals surface area contributed by atoms with Crippen LogP contribution in [0.2, 0.25) is 0 Å². The first-order chi connectivity index (χ1) is 13.1. The Morgan fingerprint density at radius 2 is 2.00 bits per heavy atom. The van der Waals surface area contributed by atoms with E-state index in [4.69, 9.17) is 0 Å². The molecule has 0 spiro atoms. The smallest absolute Gasteiger partial charge is 0.253 e. The predicted molar refractivity (Wildman–Crippen MR) is 104 cm³/mol. The summed E-state index contributed by atoms with van der Waals surface area (Å²) in [6.45, 7) is 2.91. The van der Waals surface area contributed by atoms with E-state index in [1.807, 2.05) is 11.0 Å². The highest BCUT2D eigenvalue weighted by molar-refractivity contribution is 5.94. The van der Waals surface area contributed by atoms with Gasteiger partial charge in [0.2, 0.25) is 5.91 Å². The first-order valence-electron chi connectivity index (χ1n) is 9.84. The third-order valence-electron chi connectivity index (χ3n) is 5.69. The number of piperidine rings is 1. The largest absolute Gasteiger partial charge is 0.338 e. The summed E-state index contributed by atoms with van der Waals surface area (Å²) in [5, 5.41) is 9.93. The number of likely N-dealkylation sites (tertiary alicyclic amines) is 1. The number of aromatic amines is 1. The maximum absolute atomic E-state index is 13.1. The fourth-order valence-corrected chi connectivity index (χ4v) is 4.34. The molecule has 1 aliphatic carbocycles. The number of nitrogens with one attached hydrogen (secondary N) is 2. The summed E-state index contributed by atoms with van der Waals surface area (Å²) >= 11 is 0. The van der Waals surface area contributed by atoms with Crippen molar-refractivity contribution in [2.45, 2.75) is 51.4 Å². The molecule has 4 rings (SSSR count). The minimum atomic E-state index is -0.115. The van der Waals surface area contributed by atoms with Crippen LogP contribution in [0.1, 0.15) is 65.7 Å². The number of benzene rings is 1. The van der Waals surface area contributed by atoms with Crippen molar-refractivity contribution in [2.75, 3.05) is 18.4 Å². The molecule has 0 unspecified atom stereocenters.